The highest BCUT2D eigenvalue weighted by Gasteiger charge is 2.60. The molecule has 4 rings (SSSR count). The first-order valence-corrected chi connectivity index (χ1v) is 11.2. The van der Waals surface area contributed by atoms with Crippen LogP contribution in [0.3, 0.4) is 0 Å². The van der Waals surface area contributed by atoms with Crippen LogP contribution in [0.2, 0.25) is 0 Å². The molecule has 2 saturated heterocycles. The molecule has 1 aliphatic carbocycles. The second kappa shape index (κ2) is 7.98. The number of likely N-dealkylation sites (tertiary alicyclic amines) is 1. The van der Waals surface area contributed by atoms with Crippen molar-refractivity contribution in [1.29, 1.82) is 0 Å². The van der Waals surface area contributed by atoms with Gasteiger partial charge in [0.15, 0.2) is 0 Å². The van der Waals surface area contributed by atoms with E-state index in [1.807, 2.05) is 11.8 Å². The lowest BCUT2D eigenvalue weighted by molar-refractivity contribution is -0.167. The minimum absolute atomic E-state index is 0.106. The Balaban J connectivity index is 1.65. The SMILES string of the molecule is CCCCOC(=O)NC1(C(=O)O)C(C=C2CCN(C3CC3)C2=O)=CSC2CC(=O)N21. The van der Waals surface area contributed by atoms with Crippen LogP contribution in [0.4, 0.5) is 4.79 Å². The maximum absolute atomic E-state index is 12.7. The third kappa shape index (κ3) is 3.46. The molecule has 1 saturated carbocycles. The van der Waals surface area contributed by atoms with Crippen LogP contribution < -0.4 is 5.32 Å². The van der Waals surface area contributed by atoms with Crippen molar-refractivity contribution in [3.63, 3.8) is 0 Å². The Kier molecular flexibility index (Phi) is 5.52. The minimum atomic E-state index is -2.09. The van der Waals surface area contributed by atoms with Crippen LogP contribution in [-0.4, -0.2) is 69.0 Å². The second-order valence-corrected chi connectivity index (χ2v) is 8.96. The summed E-state index contributed by atoms with van der Waals surface area (Å²) in [6, 6.07) is 0.273. The molecule has 3 heterocycles. The number of carboxylic acid groups (broad SMARTS) is 1. The van der Waals surface area contributed by atoms with Gasteiger partial charge in [-0.3, -0.25) is 19.8 Å². The number of carbonyl (C=O) groups excluding carboxylic acids is 3. The van der Waals surface area contributed by atoms with Gasteiger partial charge in [0.2, 0.25) is 17.5 Å². The number of nitrogens with one attached hydrogen (secondary N) is 1. The predicted molar refractivity (Wildman–Crippen MR) is 108 cm³/mol. The number of hydrogen-bond acceptors (Lipinski definition) is 6. The fourth-order valence-corrected chi connectivity index (χ4v) is 5.19. The minimum Gasteiger partial charge on any atom is -0.478 e. The average Bonchev–Trinajstić information content (AvgIpc) is 3.46. The van der Waals surface area contributed by atoms with E-state index >= 15 is 0 Å². The van der Waals surface area contributed by atoms with E-state index in [2.05, 4.69) is 5.32 Å². The Bertz CT molecular complexity index is 851. The normalized spacial score (nSPS) is 29.4. The van der Waals surface area contributed by atoms with Crippen molar-refractivity contribution in [1.82, 2.24) is 15.1 Å². The number of rotatable bonds is 7. The molecule has 0 aromatic rings. The summed E-state index contributed by atoms with van der Waals surface area (Å²) in [4.78, 5) is 53.0. The number of unbranched alkanes of at least 4 members (excludes halogenated alkanes) is 1. The molecule has 0 aromatic heterocycles. The topological polar surface area (TPSA) is 116 Å². The summed E-state index contributed by atoms with van der Waals surface area (Å²) in [6.45, 7) is 2.70. The number of fused-ring (bicyclic) bond motifs is 1. The lowest BCUT2D eigenvalue weighted by atomic mass is 9.91. The number of amides is 3. The summed E-state index contributed by atoms with van der Waals surface area (Å²) >= 11 is 1.32. The highest BCUT2D eigenvalue weighted by atomic mass is 32.2. The van der Waals surface area contributed by atoms with Gasteiger partial charge in [-0.15, -0.1) is 11.8 Å². The van der Waals surface area contributed by atoms with Gasteiger partial charge in [0.1, 0.15) is 0 Å². The molecular formula is C20H25N3O6S. The Hall–Kier alpha value is -2.49. The first-order valence-electron chi connectivity index (χ1n) is 10.3. The van der Waals surface area contributed by atoms with Crippen molar-refractivity contribution in [3.05, 3.63) is 22.6 Å². The third-order valence-electron chi connectivity index (χ3n) is 5.84. The molecule has 30 heavy (non-hydrogen) atoms. The molecule has 2 N–H and O–H groups in total. The van der Waals surface area contributed by atoms with Crippen LogP contribution in [0.25, 0.3) is 0 Å². The molecule has 2 unspecified atom stereocenters. The summed E-state index contributed by atoms with van der Waals surface area (Å²) in [5.74, 6) is -1.86. The molecule has 0 radical (unpaired) electrons. The summed E-state index contributed by atoms with van der Waals surface area (Å²) in [7, 11) is 0. The first-order chi connectivity index (χ1) is 14.4. The average molecular weight is 436 g/mol. The molecule has 162 valence electrons. The van der Waals surface area contributed by atoms with Gasteiger partial charge in [-0.25, -0.2) is 9.59 Å². The number of aliphatic carboxylic acids is 1. The van der Waals surface area contributed by atoms with Crippen molar-refractivity contribution in [2.75, 3.05) is 13.2 Å². The van der Waals surface area contributed by atoms with Crippen LogP contribution in [-0.2, 0) is 19.1 Å². The van der Waals surface area contributed by atoms with E-state index in [0.29, 0.717) is 25.0 Å². The van der Waals surface area contributed by atoms with Crippen LogP contribution in [0.15, 0.2) is 22.6 Å². The molecular weight excluding hydrogens is 410 g/mol. The molecule has 0 aromatic carbocycles. The number of thioether (sulfide) groups is 1. The van der Waals surface area contributed by atoms with E-state index < -0.39 is 17.7 Å². The second-order valence-electron chi connectivity index (χ2n) is 7.91. The van der Waals surface area contributed by atoms with Crippen molar-refractivity contribution in [3.8, 4) is 0 Å². The van der Waals surface area contributed by atoms with E-state index in [4.69, 9.17) is 4.74 Å². The number of alkyl carbamates (subject to hydrolysis) is 1. The molecule has 0 spiro atoms. The van der Waals surface area contributed by atoms with Crippen LogP contribution in [0.5, 0.6) is 0 Å². The lowest BCUT2D eigenvalue weighted by Crippen LogP contribution is -2.75. The number of β-lactam (4-membered cyclic amide) rings is 1. The fourth-order valence-electron chi connectivity index (χ4n) is 4.01. The maximum atomic E-state index is 12.7. The Morgan fingerprint density at radius 2 is 2.17 bits per heavy atom. The van der Waals surface area contributed by atoms with Gasteiger partial charge in [-0.05, 0) is 37.2 Å². The highest BCUT2D eigenvalue weighted by molar-refractivity contribution is 8.02. The van der Waals surface area contributed by atoms with Crippen LogP contribution in [0, 0.1) is 0 Å². The monoisotopic (exact) mass is 435 g/mol. The number of carbonyl (C=O) groups is 4. The van der Waals surface area contributed by atoms with E-state index in [9.17, 15) is 24.3 Å². The van der Waals surface area contributed by atoms with Gasteiger partial charge in [0, 0.05) is 23.7 Å². The third-order valence-corrected chi connectivity index (χ3v) is 6.92. The Morgan fingerprint density at radius 3 is 2.80 bits per heavy atom. The van der Waals surface area contributed by atoms with Crippen molar-refractivity contribution in [2.45, 2.75) is 62.5 Å². The summed E-state index contributed by atoms with van der Waals surface area (Å²) in [5, 5.41) is 13.9. The smallest absolute Gasteiger partial charge is 0.409 e. The standard InChI is InChI=1S/C20H25N3O6S/c1-2-3-8-29-19(28)21-20(18(26)27)13(11-30-16-10-15(24)23(16)20)9-12-6-7-22(17(12)25)14-4-5-14/h9,11,14,16H,2-8,10H2,1H3,(H,21,28)(H,26,27). The maximum Gasteiger partial charge on any atom is 0.409 e. The number of carboxylic acids is 1. The van der Waals surface area contributed by atoms with E-state index in [1.165, 1.54) is 22.7 Å². The van der Waals surface area contributed by atoms with E-state index in [1.54, 1.807) is 5.41 Å². The zero-order valence-corrected chi connectivity index (χ0v) is 17.6. The van der Waals surface area contributed by atoms with E-state index in [0.717, 1.165) is 19.3 Å². The first kappa shape index (κ1) is 20.8. The molecule has 10 heteroatoms. The summed E-state index contributed by atoms with van der Waals surface area (Å²) in [5.41, 5.74) is -1.40. The van der Waals surface area contributed by atoms with Crippen LogP contribution >= 0.6 is 11.8 Å². The van der Waals surface area contributed by atoms with Crippen molar-refractivity contribution >= 4 is 35.6 Å². The number of hydrogen-bond donors (Lipinski definition) is 2. The summed E-state index contributed by atoms with van der Waals surface area (Å²) < 4.78 is 5.12. The quantitative estimate of drug-likeness (QED) is 0.356. The number of ether oxygens (including phenoxy) is 1. The van der Waals surface area contributed by atoms with Gasteiger partial charge < -0.3 is 14.7 Å². The molecule has 2 atom stereocenters. The van der Waals surface area contributed by atoms with Crippen molar-refractivity contribution in [2.24, 2.45) is 0 Å². The van der Waals surface area contributed by atoms with Gasteiger partial charge in [0.05, 0.1) is 18.4 Å². The highest BCUT2D eigenvalue weighted by Crippen LogP contribution is 2.45. The lowest BCUT2D eigenvalue weighted by Gasteiger charge is -2.52. The molecule has 4 aliphatic rings. The van der Waals surface area contributed by atoms with E-state index in [-0.39, 0.29) is 41.8 Å². The Labute approximate surface area is 178 Å². The van der Waals surface area contributed by atoms with Gasteiger partial charge >= 0.3 is 12.1 Å². The van der Waals surface area contributed by atoms with Gasteiger partial charge in [-0.2, -0.15) is 0 Å². The Morgan fingerprint density at radius 1 is 1.40 bits per heavy atom. The van der Waals surface area contributed by atoms with Crippen molar-refractivity contribution < 1.29 is 29.0 Å². The van der Waals surface area contributed by atoms with Gasteiger partial charge in [0.25, 0.3) is 0 Å². The predicted octanol–water partition coefficient (Wildman–Crippen LogP) is 1.80. The zero-order chi connectivity index (χ0) is 21.5. The molecule has 0 bridgehead atoms. The van der Waals surface area contributed by atoms with Gasteiger partial charge in [-0.1, -0.05) is 13.3 Å². The van der Waals surface area contributed by atoms with Crippen LogP contribution in [0.1, 0.15) is 45.4 Å². The fraction of sp³-hybridized carbons (Fsp3) is 0.600. The largest absolute Gasteiger partial charge is 0.478 e. The molecule has 3 fully saturated rings. The summed E-state index contributed by atoms with van der Waals surface area (Å²) in [6.07, 6.45) is 4.77. The molecule has 3 amide bonds. The molecule has 9 nitrogen and oxygen atoms in total. The molecule has 3 aliphatic heterocycles. The number of nitrogens with zero attached hydrogens (tertiary/aromatic N) is 2. The zero-order valence-electron chi connectivity index (χ0n) is 16.8.